The molecule has 1 aliphatic heterocycles. The molecule has 1 aliphatic rings. The van der Waals surface area contributed by atoms with Crippen molar-refractivity contribution < 1.29 is 9.53 Å². The van der Waals surface area contributed by atoms with Crippen molar-refractivity contribution in [1.82, 2.24) is 19.5 Å². The minimum Gasteiger partial charge on any atom is -0.482 e. The molecular formula is C24H22ClN5O3S. The van der Waals surface area contributed by atoms with Gasteiger partial charge in [-0.1, -0.05) is 58.8 Å². The predicted molar refractivity (Wildman–Crippen MR) is 133 cm³/mol. The van der Waals surface area contributed by atoms with Crippen molar-refractivity contribution in [3.05, 3.63) is 75.5 Å². The maximum Gasteiger partial charge on any atom is 0.277 e. The summed E-state index contributed by atoms with van der Waals surface area (Å²) in [7, 11) is 0. The highest BCUT2D eigenvalue weighted by Gasteiger charge is 2.23. The Morgan fingerprint density at radius 2 is 1.88 bits per heavy atom. The number of aromatic nitrogens is 3. The van der Waals surface area contributed by atoms with Crippen LogP contribution in [0.25, 0.3) is 15.5 Å². The first kappa shape index (κ1) is 22.4. The maximum absolute atomic E-state index is 12.7. The normalized spacial score (nSPS) is 13.9. The third-order valence-electron chi connectivity index (χ3n) is 5.64. The first-order valence-corrected chi connectivity index (χ1v) is 12.1. The molecule has 1 fully saturated rings. The number of nitrogens with zero attached hydrogens (tertiary/aromatic N) is 5. The lowest BCUT2D eigenvalue weighted by Gasteiger charge is -2.35. The van der Waals surface area contributed by atoms with Gasteiger partial charge in [-0.15, -0.1) is 0 Å². The Balaban J connectivity index is 1.26. The van der Waals surface area contributed by atoms with Crippen LogP contribution >= 0.6 is 22.9 Å². The van der Waals surface area contributed by atoms with Crippen LogP contribution in [0.3, 0.4) is 0 Å². The summed E-state index contributed by atoms with van der Waals surface area (Å²) in [5.74, 6) is 0.987. The van der Waals surface area contributed by atoms with Gasteiger partial charge in [0.1, 0.15) is 16.6 Å². The number of benzene rings is 2. The Kier molecular flexibility index (Phi) is 6.21. The number of aryl methyl sites for hydroxylation is 1. The molecule has 5 rings (SSSR count). The zero-order chi connectivity index (χ0) is 23.7. The molecule has 4 aromatic rings. The van der Waals surface area contributed by atoms with E-state index >= 15 is 0 Å². The first-order valence-electron chi connectivity index (χ1n) is 10.9. The molecule has 1 amide bonds. The second-order valence-electron chi connectivity index (χ2n) is 8.01. The van der Waals surface area contributed by atoms with E-state index in [1.54, 1.807) is 17.0 Å². The number of fused-ring (bicyclic) bond motifs is 1. The summed E-state index contributed by atoms with van der Waals surface area (Å²) in [5.41, 5.74) is 1.87. The number of para-hydroxylation sites is 1. The van der Waals surface area contributed by atoms with Gasteiger partial charge < -0.3 is 14.5 Å². The topological polar surface area (TPSA) is 80.0 Å². The van der Waals surface area contributed by atoms with Gasteiger partial charge in [-0.05, 0) is 25.1 Å². The summed E-state index contributed by atoms with van der Waals surface area (Å²) in [6.07, 6.45) is 0. The molecule has 34 heavy (non-hydrogen) atoms. The second kappa shape index (κ2) is 9.44. The van der Waals surface area contributed by atoms with Gasteiger partial charge in [0.05, 0.1) is 5.02 Å². The standard InChI is InChI=1S/C24H22ClN5O3S/c1-16-5-4-6-17(13-16)23-27-30-21(31)14-20(26-24(30)34-23)28-9-11-29(12-10-28)22(32)15-33-19-8-3-2-7-18(19)25/h2-8,13-14H,9-12,15H2,1H3. The number of hydrogen-bond donors (Lipinski definition) is 0. The molecule has 0 atom stereocenters. The molecule has 0 unspecified atom stereocenters. The van der Waals surface area contributed by atoms with Crippen molar-refractivity contribution >= 4 is 39.6 Å². The summed E-state index contributed by atoms with van der Waals surface area (Å²) in [5, 5.41) is 5.69. The van der Waals surface area contributed by atoms with Crippen LogP contribution in [-0.2, 0) is 4.79 Å². The lowest BCUT2D eigenvalue weighted by Crippen LogP contribution is -2.50. The highest BCUT2D eigenvalue weighted by Crippen LogP contribution is 2.26. The number of hydrogen-bond acceptors (Lipinski definition) is 7. The fourth-order valence-electron chi connectivity index (χ4n) is 3.83. The van der Waals surface area contributed by atoms with Gasteiger partial charge in [0, 0.05) is 37.8 Å². The minimum atomic E-state index is -0.221. The Hall–Kier alpha value is -3.43. The third kappa shape index (κ3) is 4.62. The van der Waals surface area contributed by atoms with Gasteiger partial charge in [-0.2, -0.15) is 9.61 Å². The van der Waals surface area contributed by atoms with Gasteiger partial charge in [-0.25, -0.2) is 4.98 Å². The molecule has 0 spiro atoms. The molecule has 2 aromatic carbocycles. The van der Waals surface area contributed by atoms with Gasteiger partial charge >= 0.3 is 0 Å². The van der Waals surface area contributed by atoms with E-state index in [1.807, 2.05) is 48.2 Å². The Bertz CT molecular complexity index is 1410. The Morgan fingerprint density at radius 3 is 2.65 bits per heavy atom. The van der Waals surface area contributed by atoms with Gasteiger partial charge in [0.15, 0.2) is 6.61 Å². The smallest absolute Gasteiger partial charge is 0.277 e. The van der Waals surface area contributed by atoms with E-state index in [4.69, 9.17) is 16.3 Å². The van der Waals surface area contributed by atoms with Crippen molar-refractivity contribution in [2.24, 2.45) is 0 Å². The van der Waals surface area contributed by atoms with E-state index in [0.717, 1.165) is 16.1 Å². The van der Waals surface area contributed by atoms with Crippen molar-refractivity contribution in [2.75, 3.05) is 37.7 Å². The highest BCUT2D eigenvalue weighted by atomic mass is 35.5. The number of amides is 1. The molecule has 174 valence electrons. The van der Waals surface area contributed by atoms with Crippen LogP contribution in [0.5, 0.6) is 5.75 Å². The average Bonchev–Trinajstić information content (AvgIpc) is 3.29. The molecule has 0 aliphatic carbocycles. The summed E-state index contributed by atoms with van der Waals surface area (Å²) in [6.45, 7) is 4.13. The lowest BCUT2D eigenvalue weighted by molar-refractivity contribution is -0.133. The maximum atomic E-state index is 12.7. The largest absolute Gasteiger partial charge is 0.482 e. The first-order chi connectivity index (χ1) is 16.5. The highest BCUT2D eigenvalue weighted by molar-refractivity contribution is 7.19. The zero-order valence-electron chi connectivity index (χ0n) is 18.5. The van der Waals surface area contributed by atoms with Crippen LogP contribution in [0.4, 0.5) is 5.82 Å². The molecule has 10 heteroatoms. The van der Waals surface area contributed by atoms with Crippen molar-refractivity contribution in [3.8, 4) is 16.3 Å². The number of carbonyl (C=O) groups excluding carboxylic acids is 1. The van der Waals surface area contributed by atoms with E-state index in [-0.39, 0.29) is 18.1 Å². The summed E-state index contributed by atoms with van der Waals surface area (Å²) in [4.78, 5) is 34.3. The summed E-state index contributed by atoms with van der Waals surface area (Å²) in [6, 6.07) is 16.6. The Morgan fingerprint density at radius 1 is 1.09 bits per heavy atom. The predicted octanol–water partition coefficient (Wildman–Crippen LogP) is 3.51. The fraction of sp³-hybridized carbons (Fsp3) is 0.250. The van der Waals surface area contributed by atoms with Crippen LogP contribution in [0.1, 0.15) is 5.56 Å². The number of piperazine rings is 1. The fourth-order valence-corrected chi connectivity index (χ4v) is 4.92. The van der Waals surface area contributed by atoms with Gasteiger partial charge in [0.25, 0.3) is 11.5 Å². The molecule has 8 nitrogen and oxygen atoms in total. The van der Waals surface area contributed by atoms with Gasteiger partial charge in [0.2, 0.25) is 4.96 Å². The van der Waals surface area contributed by atoms with Crippen LogP contribution < -0.4 is 15.2 Å². The van der Waals surface area contributed by atoms with E-state index in [9.17, 15) is 9.59 Å². The van der Waals surface area contributed by atoms with Crippen molar-refractivity contribution in [1.29, 1.82) is 0 Å². The third-order valence-corrected chi connectivity index (χ3v) is 6.91. The molecule has 0 N–H and O–H groups in total. The van der Waals surface area contributed by atoms with E-state index in [1.165, 1.54) is 21.9 Å². The molecule has 1 saturated heterocycles. The summed E-state index contributed by atoms with van der Waals surface area (Å²) < 4.78 is 6.92. The number of rotatable bonds is 5. The van der Waals surface area contributed by atoms with Crippen molar-refractivity contribution in [3.63, 3.8) is 0 Å². The van der Waals surface area contributed by atoms with Gasteiger partial charge in [-0.3, -0.25) is 9.59 Å². The number of ether oxygens (including phenoxy) is 1. The molecular weight excluding hydrogens is 474 g/mol. The molecule has 0 radical (unpaired) electrons. The quantitative estimate of drug-likeness (QED) is 0.421. The van der Waals surface area contributed by atoms with E-state index in [0.29, 0.717) is 47.7 Å². The van der Waals surface area contributed by atoms with E-state index < -0.39 is 0 Å². The monoisotopic (exact) mass is 495 g/mol. The zero-order valence-corrected chi connectivity index (χ0v) is 20.1. The number of halogens is 1. The van der Waals surface area contributed by atoms with Crippen LogP contribution in [0.2, 0.25) is 5.02 Å². The average molecular weight is 496 g/mol. The number of anilines is 1. The van der Waals surface area contributed by atoms with Crippen LogP contribution in [0, 0.1) is 6.92 Å². The lowest BCUT2D eigenvalue weighted by atomic mass is 10.1. The Labute approximate surface area is 205 Å². The van der Waals surface area contributed by atoms with Crippen LogP contribution in [0.15, 0.2) is 59.4 Å². The second-order valence-corrected chi connectivity index (χ2v) is 9.37. The van der Waals surface area contributed by atoms with Crippen LogP contribution in [-0.4, -0.2) is 58.2 Å². The molecule has 3 heterocycles. The molecule has 0 saturated carbocycles. The molecule has 0 bridgehead atoms. The summed E-state index contributed by atoms with van der Waals surface area (Å²) >= 11 is 7.47. The van der Waals surface area contributed by atoms with Crippen molar-refractivity contribution in [2.45, 2.75) is 6.92 Å². The van der Waals surface area contributed by atoms with E-state index in [2.05, 4.69) is 10.1 Å². The number of carbonyl (C=O) groups is 1. The SMILES string of the molecule is Cc1cccc(-c2nn3c(=O)cc(N4CCN(C(=O)COc5ccccc5Cl)CC4)nc3s2)c1. The minimum absolute atomic E-state index is 0.0715. The molecule has 2 aromatic heterocycles.